The molecule has 1 aromatic heterocycles. The van der Waals surface area contributed by atoms with E-state index in [0.717, 1.165) is 37.4 Å². The molecule has 0 radical (unpaired) electrons. The quantitative estimate of drug-likeness (QED) is 0.247. The van der Waals surface area contributed by atoms with Gasteiger partial charge in [0, 0.05) is 62.8 Å². The normalized spacial score (nSPS) is 12.8. The third kappa shape index (κ3) is 9.07. The van der Waals surface area contributed by atoms with Crippen molar-refractivity contribution >= 4 is 33.9 Å². The summed E-state index contributed by atoms with van der Waals surface area (Å²) in [5, 5.41) is 26.7. The molecular formula is C30H37N5O4. The fraction of sp³-hybridized carbons (Fsp3) is 0.367. The number of aromatic nitrogens is 1. The Bertz CT molecular complexity index is 1310. The second-order valence-corrected chi connectivity index (χ2v) is 9.19. The summed E-state index contributed by atoms with van der Waals surface area (Å²) in [5.74, 6) is -0.480. The minimum atomic E-state index is -0.371. The highest BCUT2D eigenvalue weighted by atomic mass is 16.5. The molecule has 1 aliphatic heterocycles. The van der Waals surface area contributed by atoms with Crippen LogP contribution in [0.25, 0.3) is 10.9 Å². The number of rotatable bonds is 10. The van der Waals surface area contributed by atoms with Crippen LogP contribution >= 0.6 is 0 Å². The van der Waals surface area contributed by atoms with Crippen molar-refractivity contribution < 1.29 is 19.4 Å². The monoisotopic (exact) mass is 531 g/mol. The molecule has 0 spiro atoms. The number of nitrogens with one attached hydrogen (secondary N) is 2. The van der Waals surface area contributed by atoms with Crippen molar-refractivity contribution in [2.75, 3.05) is 57.7 Å². The number of nitriles is 1. The minimum absolute atomic E-state index is 0.109. The summed E-state index contributed by atoms with van der Waals surface area (Å²) in [7, 11) is 3.58. The molecule has 3 aromatic rings. The van der Waals surface area contributed by atoms with Gasteiger partial charge in [0.15, 0.2) is 0 Å². The van der Waals surface area contributed by atoms with Gasteiger partial charge < -0.3 is 30.1 Å². The molecule has 206 valence electrons. The lowest BCUT2D eigenvalue weighted by atomic mass is 10.1. The highest BCUT2D eigenvalue weighted by molar-refractivity contribution is 6.04. The van der Waals surface area contributed by atoms with Gasteiger partial charge >= 0.3 is 0 Å². The van der Waals surface area contributed by atoms with Crippen molar-refractivity contribution in [3.05, 3.63) is 65.9 Å². The van der Waals surface area contributed by atoms with E-state index < -0.39 is 0 Å². The molecule has 0 atom stereocenters. The molecule has 2 heterocycles. The van der Waals surface area contributed by atoms with E-state index >= 15 is 0 Å². The van der Waals surface area contributed by atoms with E-state index in [1.807, 2.05) is 36.2 Å². The second kappa shape index (κ2) is 15.4. The van der Waals surface area contributed by atoms with E-state index in [-0.39, 0.29) is 17.3 Å². The van der Waals surface area contributed by atoms with E-state index in [2.05, 4.69) is 28.6 Å². The van der Waals surface area contributed by atoms with Crippen molar-refractivity contribution in [3.8, 4) is 11.8 Å². The first-order chi connectivity index (χ1) is 18.9. The summed E-state index contributed by atoms with van der Waals surface area (Å²) >= 11 is 0. The standard InChI is InChI=1S/C26H29N5O3.C4H8O/c1-4-18-7-5-8-20(13-18)29-26-19(16-27)17-28-22-15-24(32)23(14-21(22)26)30-25(33)9-6-10-31(2)11-12-34-3;1-2-4-5-3-1/h5-9,13-15,17,32H,4,10-12H2,1-3H3,(H,28,29)(H,30,33);1-4H2/b9-6+;. The summed E-state index contributed by atoms with van der Waals surface area (Å²) in [5.41, 5.74) is 3.65. The van der Waals surface area contributed by atoms with Gasteiger partial charge in [-0.1, -0.05) is 25.1 Å². The summed E-state index contributed by atoms with van der Waals surface area (Å²) < 4.78 is 9.98. The zero-order chi connectivity index (χ0) is 28.0. The number of nitrogens with zero attached hydrogens (tertiary/aromatic N) is 3. The Morgan fingerprint density at radius 1 is 1.28 bits per heavy atom. The van der Waals surface area contributed by atoms with Gasteiger partial charge in [0.05, 0.1) is 29.1 Å². The number of aryl methyl sites for hydroxylation is 1. The Morgan fingerprint density at radius 3 is 2.74 bits per heavy atom. The first-order valence-corrected chi connectivity index (χ1v) is 13.1. The maximum atomic E-state index is 12.4. The number of likely N-dealkylation sites (N-methyl/N-ethyl adjacent to an activating group) is 1. The fourth-order valence-electron chi connectivity index (χ4n) is 3.92. The van der Waals surface area contributed by atoms with Crippen LogP contribution in [-0.2, 0) is 20.7 Å². The Kier molecular flexibility index (Phi) is 11.7. The number of carbonyl (C=O) groups excluding carboxylic acids is 1. The van der Waals surface area contributed by atoms with Crippen LogP contribution in [0.15, 0.2) is 54.7 Å². The van der Waals surface area contributed by atoms with Crippen LogP contribution in [0.5, 0.6) is 5.75 Å². The third-order valence-corrected chi connectivity index (χ3v) is 6.16. The molecule has 1 amide bonds. The number of phenolic OH excluding ortho intramolecular Hbond substituents is 1. The average Bonchev–Trinajstić information content (AvgIpc) is 3.53. The van der Waals surface area contributed by atoms with Crippen LogP contribution in [0.3, 0.4) is 0 Å². The van der Waals surface area contributed by atoms with Crippen LogP contribution in [0.2, 0.25) is 0 Å². The highest BCUT2D eigenvalue weighted by Gasteiger charge is 2.14. The maximum Gasteiger partial charge on any atom is 0.248 e. The Labute approximate surface area is 230 Å². The maximum absolute atomic E-state index is 12.4. The van der Waals surface area contributed by atoms with Crippen LogP contribution in [-0.4, -0.2) is 68.0 Å². The zero-order valence-corrected chi connectivity index (χ0v) is 22.9. The number of aromatic hydroxyl groups is 1. The molecule has 1 fully saturated rings. The SMILES string of the molecule is C1CCOC1.CCc1cccc(Nc2c(C#N)cnc3cc(O)c(NC(=O)/C=C/CN(C)CCOC)cc23)c1. The molecule has 1 saturated heterocycles. The van der Waals surface area contributed by atoms with E-state index in [0.29, 0.717) is 35.3 Å². The molecule has 9 heteroatoms. The van der Waals surface area contributed by atoms with Crippen LogP contribution < -0.4 is 10.6 Å². The van der Waals surface area contributed by atoms with Gasteiger partial charge in [0.1, 0.15) is 11.8 Å². The summed E-state index contributed by atoms with van der Waals surface area (Å²) in [6, 6.07) is 13.2. The molecule has 1 aliphatic rings. The van der Waals surface area contributed by atoms with E-state index in [1.165, 1.54) is 31.2 Å². The highest BCUT2D eigenvalue weighted by Crippen LogP contribution is 2.35. The number of hydrogen-bond acceptors (Lipinski definition) is 8. The van der Waals surface area contributed by atoms with Gasteiger partial charge in [0.25, 0.3) is 0 Å². The fourth-order valence-corrected chi connectivity index (χ4v) is 3.92. The third-order valence-electron chi connectivity index (χ3n) is 6.16. The number of ether oxygens (including phenoxy) is 2. The zero-order valence-electron chi connectivity index (χ0n) is 22.9. The number of phenols is 1. The van der Waals surface area contributed by atoms with E-state index in [9.17, 15) is 15.2 Å². The van der Waals surface area contributed by atoms with Gasteiger partial charge in [-0.25, -0.2) is 0 Å². The van der Waals surface area contributed by atoms with Crippen molar-refractivity contribution in [1.29, 1.82) is 5.26 Å². The Balaban J connectivity index is 0.000000753. The predicted octanol–water partition coefficient (Wildman–Crippen LogP) is 4.99. The summed E-state index contributed by atoms with van der Waals surface area (Å²) in [6.07, 6.45) is 8.07. The lowest BCUT2D eigenvalue weighted by Crippen LogP contribution is -2.23. The molecule has 9 nitrogen and oxygen atoms in total. The lowest BCUT2D eigenvalue weighted by molar-refractivity contribution is -0.111. The minimum Gasteiger partial charge on any atom is -0.506 e. The molecule has 39 heavy (non-hydrogen) atoms. The lowest BCUT2D eigenvalue weighted by Gasteiger charge is -2.14. The average molecular weight is 532 g/mol. The Hall–Kier alpha value is -3.97. The van der Waals surface area contributed by atoms with E-state index in [1.54, 1.807) is 19.3 Å². The molecule has 2 aromatic carbocycles. The number of benzene rings is 2. The molecule has 3 N–H and O–H groups in total. The number of methoxy groups -OCH3 is 1. The van der Waals surface area contributed by atoms with Crippen LogP contribution in [0.4, 0.5) is 17.1 Å². The largest absolute Gasteiger partial charge is 0.506 e. The van der Waals surface area contributed by atoms with Gasteiger partial charge in [-0.3, -0.25) is 9.78 Å². The second-order valence-electron chi connectivity index (χ2n) is 9.19. The summed E-state index contributed by atoms with van der Waals surface area (Å²) in [6.45, 7) is 6.02. The summed E-state index contributed by atoms with van der Waals surface area (Å²) in [4.78, 5) is 18.7. The molecule has 0 aliphatic carbocycles. The van der Waals surface area contributed by atoms with Gasteiger partial charge in [-0.15, -0.1) is 0 Å². The van der Waals surface area contributed by atoms with Crippen molar-refractivity contribution in [3.63, 3.8) is 0 Å². The molecule has 0 saturated carbocycles. The first-order valence-electron chi connectivity index (χ1n) is 13.1. The van der Waals surface area contributed by atoms with Crippen molar-refractivity contribution in [2.45, 2.75) is 26.2 Å². The molecular weight excluding hydrogens is 494 g/mol. The van der Waals surface area contributed by atoms with Gasteiger partial charge in [-0.2, -0.15) is 5.26 Å². The van der Waals surface area contributed by atoms with Crippen LogP contribution in [0.1, 0.15) is 30.9 Å². The molecule has 0 bridgehead atoms. The number of fused-ring (bicyclic) bond motifs is 1. The number of carbonyl (C=O) groups is 1. The molecule has 4 rings (SSSR count). The van der Waals surface area contributed by atoms with Crippen molar-refractivity contribution in [1.82, 2.24) is 9.88 Å². The van der Waals surface area contributed by atoms with E-state index in [4.69, 9.17) is 9.47 Å². The molecule has 0 unspecified atom stereocenters. The van der Waals surface area contributed by atoms with Gasteiger partial charge in [-0.05, 0) is 50.1 Å². The Morgan fingerprint density at radius 2 is 2.08 bits per heavy atom. The number of pyridine rings is 1. The number of amides is 1. The topological polar surface area (TPSA) is 120 Å². The first kappa shape index (κ1) is 29.6. The predicted molar refractivity (Wildman–Crippen MR) is 154 cm³/mol. The van der Waals surface area contributed by atoms with Crippen LogP contribution in [0, 0.1) is 11.3 Å². The van der Waals surface area contributed by atoms with Crippen molar-refractivity contribution in [2.24, 2.45) is 0 Å². The number of anilines is 3. The number of hydrogen-bond donors (Lipinski definition) is 3. The smallest absolute Gasteiger partial charge is 0.248 e. The van der Waals surface area contributed by atoms with Gasteiger partial charge in [0.2, 0.25) is 5.91 Å².